The first-order chi connectivity index (χ1) is 12.8. The van der Waals surface area contributed by atoms with E-state index in [2.05, 4.69) is 25.1 Å². The van der Waals surface area contributed by atoms with E-state index in [1.165, 1.54) is 16.7 Å². The van der Waals surface area contributed by atoms with Crippen molar-refractivity contribution in [2.24, 2.45) is 11.3 Å². The molecule has 5 heteroatoms. The van der Waals surface area contributed by atoms with E-state index in [0.29, 0.717) is 18.4 Å². The number of fused-ring (bicyclic) bond motifs is 1. The molecule has 0 radical (unpaired) electrons. The Morgan fingerprint density at radius 1 is 1.22 bits per heavy atom. The van der Waals surface area contributed by atoms with Crippen molar-refractivity contribution in [1.29, 1.82) is 0 Å². The molecule has 2 nitrogen and oxygen atoms in total. The topological polar surface area (TPSA) is 29.5 Å². The number of halogens is 3. The number of ether oxygens (including phenoxy) is 1. The monoisotopic (exact) mass is 384 g/mol. The van der Waals surface area contributed by atoms with E-state index in [1.54, 1.807) is 0 Å². The molecule has 3 atom stereocenters. The van der Waals surface area contributed by atoms with Gasteiger partial charge in [0.25, 0.3) is 0 Å². The Morgan fingerprint density at radius 2 is 2.04 bits per heavy atom. The number of hydrogen-bond acceptors (Lipinski definition) is 2. The van der Waals surface area contributed by atoms with Crippen LogP contribution in [0.1, 0.15) is 68.1 Å². The maximum absolute atomic E-state index is 12.1. The molecule has 0 amide bonds. The number of aliphatic hydroxyl groups is 1. The van der Waals surface area contributed by atoms with Crippen molar-refractivity contribution in [3.63, 3.8) is 0 Å². The molecule has 3 rings (SSSR count). The van der Waals surface area contributed by atoms with Gasteiger partial charge in [-0.15, -0.1) is 0 Å². The van der Waals surface area contributed by atoms with Gasteiger partial charge in [0.1, 0.15) is 0 Å². The van der Waals surface area contributed by atoms with Crippen molar-refractivity contribution in [3.8, 4) is 0 Å². The van der Waals surface area contributed by atoms with Crippen LogP contribution in [0.25, 0.3) is 0 Å². The van der Waals surface area contributed by atoms with Gasteiger partial charge in [-0.1, -0.05) is 25.1 Å². The minimum atomic E-state index is -4.08. The third kappa shape index (κ3) is 5.71. The van der Waals surface area contributed by atoms with Crippen LogP contribution in [0.3, 0.4) is 0 Å². The molecule has 1 aromatic carbocycles. The summed E-state index contributed by atoms with van der Waals surface area (Å²) in [5.41, 5.74) is 4.23. The normalized spacial score (nSPS) is 28.3. The van der Waals surface area contributed by atoms with Crippen molar-refractivity contribution >= 4 is 0 Å². The summed E-state index contributed by atoms with van der Waals surface area (Å²) in [4.78, 5) is 0. The maximum atomic E-state index is 12.1. The van der Waals surface area contributed by atoms with Gasteiger partial charge in [-0.2, -0.15) is 13.2 Å². The van der Waals surface area contributed by atoms with Crippen LogP contribution in [0.15, 0.2) is 18.2 Å². The molecule has 1 N–H and O–H groups in total. The van der Waals surface area contributed by atoms with E-state index in [4.69, 9.17) is 4.74 Å². The standard InChI is InChI=1S/C22H31F3O2/c1-21(15-26)9-7-20(13-21)19-6-5-17-11-16(3-4-18(17)12-19)14-27-10-2-8-22(23,24)25/h5-6,12,16,20,26H,2-4,7-11,13-15H2,1H3/t16-,20-,21-/m0/s1. The molecule has 1 aromatic rings. The van der Waals surface area contributed by atoms with Crippen LogP contribution >= 0.6 is 0 Å². The Labute approximate surface area is 160 Å². The molecule has 27 heavy (non-hydrogen) atoms. The van der Waals surface area contributed by atoms with E-state index < -0.39 is 12.6 Å². The highest BCUT2D eigenvalue weighted by atomic mass is 19.4. The number of hydrogen-bond donors (Lipinski definition) is 1. The van der Waals surface area contributed by atoms with Crippen molar-refractivity contribution < 1.29 is 23.0 Å². The summed E-state index contributed by atoms with van der Waals surface area (Å²) in [6, 6.07) is 6.82. The van der Waals surface area contributed by atoms with E-state index >= 15 is 0 Å². The molecule has 2 aliphatic carbocycles. The third-order valence-corrected chi connectivity index (χ3v) is 6.35. The SMILES string of the molecule is C[C@]1(CO)CC[C@H](c2ccc3c(c2)CC[C@H](COCCCC(F)(F)F)C3)C1. The summed E-state index contributed by atoms with van der Waals surface area (Å²) in [5, 5.41) is 9.59. The van der Waals surface area contributed by atoms with Crippen LogP contribution in [0.4, 0.5) is 13.2 Å². The molecule has 0 unspecified atom stereocenters. The van der Waals surface area contributed by atoms with E-state index in [1.807, 2.05) is 0 Å². The van der Waals surface area contributed by atoms with E-state index in [9.17, 15) is 18.3 Å². The summed E-state index contributed by atoms with van der Waals surface area (Å²) in [6.07, 6.45) is 1.48. The molecular weight excluding hydrogens is 353 g/mol. The average Bonchev–Trinajstić information content (AvgIpc) is 3.03. The summed E-state index contributed by atoms with van der Waals surface area (Å²) in [7, 11) is 0. The Balaban J connectivity index is 1.48. The molecule has 1 saturated carbocycles. The van der Waals surface area contributed by atoms with Crippen LogP contribution in [-0.4, -0.2) is 31.1 Å². The zero-order chi connectivity index (χ0) is 19.5. The van der Waals surface area contributed by atoms with Crippen molar-refractivity contribution in [2.45, 2.75) is 70.4 Å². The molecule has 0 heterocycles. The van der Waals surface area contributed by atoms with Gasteiger partial charge in [0, 0.05) is 26.2 Å². The van der Waals surface area contributed by atoms with Gasteiger partial charge in [0.15, 0.2) is 0 Å². The Hall–Kier alpha value is -1.07. The van der Waals surface area contributed by atoms with Gasteiger partial charge >= 0.3 is 6.18 Å². The highest BCUT2D eigenvalue weighted by Crippen LogP contribution is 2.46. The van der Waals surface area contributed by atoms with E-state index in [-0.39, 0.29) is 25.0 Å². The molecule has 0 saturated heterocycles. The zero-order valence-electron chi connectivity index (χ0n) is 16.2. The van der Waals surface area contributed by atoms with Gasteiger partial charge in [0.05, 0.1) is 0 Å². The van der Waals surface area contributed by atoms with Crippen molar-refractivity contribution in [2.75, 3.05) is 19.8 Å². The first kappa shape index (κ1) is 20.7. The second kappa shape index (κ2) is 8.52. The van der Waals surface area contributed by atoms with Crippen LogP contribution in [0.2, 0.25) is 0 Å². The lowest BCUT2D eigenvalue weighted by molar-refractivity contribution is -0.138. The Bertz CT molecular complexity index is 628. The maximum Gasteiger partial charge on any atom is 0.389 e. The van der Waals surface area contributed by atoms with Crippen LogP contribution in [-0.2, 0) is 17.6 Å². The van der Waals surface area contributed by atoms with Gasteiger partial charge in [-0.25, -0.2) is 0 Å². The van der Waals surface area contributed by atoms with Crippen LogP contribution in [0, 0.1) is 11.3 Å². The smallest absolute Gasteiger partial charge is 0.389 e. The van der Waals surface area contributed by atoms with E-state index in [0.717, 1.165) is 38.5 Å². The fraction of sp³-hybridized carbons (Fsp3) is 0.727. The Kier molecular flexibility index (Phi) is 6.52. The highest BCUT2D eigenvalue weighted by Gasteiger charge is 2.35. The first-order valence-electron chi connectivity index (χ1n) is 10.1. The minimum Gasteiger partial charge on any atom is -0.396 e. The average molecular weight is 384 g/mol. The number of rotatable bonds is 7. The molecule has 0 aliphatic heterocycles. The number of alkyl halides is 3. The zero-order valence-corrected chi connectivity index (χ0v) is 16.2. The lowest BCUT2D eigenvalue weighted by Crippen LogP contribution is -2.20. The van der Waals surface area contributed by atoms with Gasteiger partial charge in [-0.05, 0) is 78.9 Å². The third-order valence-electron chi connectivity index (χ3n) is 6.35. The number of benzene rings is 1. The summed E-state index contributed by atoms with van der Waals surface area (Å²) >= 11 is 0. The van der Waals surface area contributed by atoms with Crippen LogP contribution in [0.5, 0.6) is 0 Å². The van der Waals surface area contributed by atoms with Crippen molar-refractivity contribution in [3.05, 3.63) is 34.9 Å². The number of aliphatic hydroxyl groups excluding tert-OH is 1. The Morgan fingerprint density at radius 3 is 2.74 bits per heavy atom. The molecule has 1 fully saturated rings. The fourth-order valence-electron chi connectivity index (χ4n) is 4.62. The molecule has 2 aliphatic rings. The lowest BCUT2D eigenvalue weighted by atomic mass is 9.81. The molecule has 0 aromatic heterocycles. The molecule has 0 spiro atoms. The van der Waals surface area contributed by atoms with Gasteiger partial charge < -0.3 is 9.84 Å². The first-order valence-corrected chi connectivity index (χ1v) is 10.1. The van der Waals surface area contributed by atoms with Crippen molar-refractivity contribution in [1.82, 2.24) is 0 Å². The van der Waals surface area contributed by atoms with Crippen LogP contribution < -0.4 is 0 Å². The fourth-order valence-corrected chi connectivity index (χ4v) is 4.62. The highest BCUT2D eigenvalue weighted by molar-refractivity contribution is 5.36. The largest absolute Gasteiger partial charge is 0.396 e. The number of aryl methyl sites for hydroxylation is 1. The predicted octanol–water partition coefficient (Wildman–Crippen LogP) is 5.42. The van der Waals surface area contributed by atoms with Gasteiger partial charge in [-0.3, -0.25) is 0 Å². The minimum absolute atomic E-state index is 0.0459. The molecule has 0 bridgehead atoms. The summed E-state index contributed by atoms with van der Waals surface area (Å²) in [6.45, 7) is 3.17. The second-order valence-corrected chi connectivity index (χ2v) is 8.84. The van der Waals surface area contributed by atoms with Gasteiger partial charge in [0.2, 0.25) is 0 Å². The molecule has 152 valence electrons. The summed E-state index contributed by atoms with van der Waals surface area (Å²) in [5.74, 6) is 0.945. The quantitative estimate of drug-likeness (QED) is 0.637. The predicted molar refractivity (Wildman–Crippen MR) is 99.8 cm³/mol. The molecular formula is C22H31F3O2. The summed E-state index contributed by atoms with van der Waals surface area (Å²) < 4.78 is 41.9. The second-order valence-electron chi connectivity index (χ2n) is 8.84. The lowest BCUT2D eigenvalue weighted by Gasteiger charge is -2.26.